The number of hydrazine groups is 1. The molecule has 0 radical (unpaired) electrons. The number of carbonyl (C=O) groups is 3. The number of aromatic nitrogens is 2. The number of aryl methyl sites for hydroxylation is 1. The number of halogens is 4. The number of carbonyl (C=O) groups excluding carboxylic acids is 2. The topological polar surface area (TPSA) is 151 Å². The number of carboxylic acid groups (broad SMARTS) is 1. The number of methoxy groups -OCH3 is 1. The van der Waals surface area contributed by atoms with E-state index in [0.29, 0.717) is 18.1 Å². The molecule has 1 aromatic heterocycles. The molecule has 0 fully saturated rings. The Kier molecular flexibility index (Phi) is 10.1. The summed E-state index contributed by atoms with van der Waals surface area (Å²) in [5.74, 6) is 3.40. The highest BCUT2D eigenvalue weighted by molar-refractivity contribution is 6.34. The van der Waals surface area contributed by atoms with Crippen molar-refractivity contribution in [2.45, 2.75) is 26.1 Å². The van der Waals surface area contributed by atoms with E-state index < -0.39 is 24.1 Å². The van der Waals surface area contributed by atoms with Crippen molar-refractivity contribution in [2.75, 3.05) is 23.9 Å². The normalized spacial score (nSPS) is 12.8. The molecular weight excluding hydrogens is 581 g/mol. The van der Waals surface area contributed by atoms with E-state index in [9.17, 15) is 22.8 Å². The molecule has 2 heterocycles. The van der Waals surface area contributed by atoms with Crippen molar-refractivity contribution >= 4 is 47.1 Å². The van der Waals surface area contributed by atoms with Crippen LogP contribution in [-0.2, 0) is 4.79 Å². The minimum atomic E-state index is -5.08. The van der Waals surface area contributed by atoms with Crippen LogP contribution in [0.4, 0.5) is 29.5 Å². The van der Waals surface area contributed by atoms with Crippen LogP contribution in [0.25, 0.3) is 6.08 Å². The summed E-state index contributed by atoms with van der Waals surface area (Å²) in [6.07, 6.45) is -1.38. The fourth-order valence-electron chi connectivity index (χ4n) is 3.73. The number of urea groups is 1. The fourth-order valence-corrected chi connectivity index (χ4v) is 3.89. The second kappa shape index (κ2) is 13.3. The number of hydrogen-bond acceptors (Lipinski definition) is 7. The average Bonchev–Trinajstić information content (AvgIpc) is 2.97. The summed E-state index contributed by atoms with van der Waals surface area (Å²) >= 11 is 6.35. The Labute approximate surface area is 243 Å². The van der Waals surface area contributed by atoms with Crippen LogP contribution in [0.15, 0.2) is 54.6 Å². The number of rotatable bonds is 5. The minimum Gasteiger partial charge on any atom is -0.475 e. The van der Waals surface area contributed by atoms with Crippen LogP contribution >= 0.6 is 11.6 Å². The smallest absolute Gasteiger partial charge is 0.475 e. The number of anilines is 2. The van der Waals surface area contributed by atoms with Gasteiger partial charge in [-0.15, -0.1) is 0 Å². The molecule has 0 saturated carbocycles. The van der Waals surface area contributed by atoms with Crippen molar-refractivity contribution in [1.29, 1.82) is 0 Å². The molecule has 11 nitrogen and oxygen atoms in total. The second-order valence-electron chi connectivity index (χ2n) is 8.77. The molecule has 1 aliphatic heterocycles. The third-order valence-electron chi connectivity index (χ3n) is 5.98. The Hall–Kier alpha value is -4.69. The quantitative estimate of drug-likeness (QED) is 0.203. The van der Waals surface area contributed by atoms with Crippen molar-refractivity contribution in [2.24, 2.45) is 5.84 Å². The van der Waals surface area contributed by atoms with Gasteiger partial charge in [0.25, 0.3) is 5.91 Å². The van der Waals surface area contributed by atoms with Gasteiger partial charge in [-0.1, -0.05) is 54.1 Å². The maximum atomic E-state index is 13.2. The maximum Gasteiger partial charge on any atom is 0.490 e. The molecule has 4 rings (SSSR count). The van der Waals surface area contributed by atoms with Gasteiger partial charge in [-0.2, -0.15) is 23.1 Å². The Morgan fingerprint density at radius 2 is 1.81 bits per heavy atom. The summed E-state index contributed by atoms with van der Waals surface area (Å²) in [4.78, 5) is 45.2. The summed E-state index contributed by atoms with van der Waals surface area (Å²) in [5.41, 5.74) is 2.86. The van der Waals surface area contributed by atoms with Crippen molar-refractivity contribution < 1.29 is 37.4 Å². The first-order valence-corrected chi connectivity index (χ1v) is 12.5. The van der Waals surface area contributed by atoms with E-state index >= 15 is 0 Å². The van der Waals surface area contributed by atoms with E-state index in [-0.39, 0.29) is 28.3 Å². The SMILES string of the molecule is COc1nc(C)c2c(n1)N(C(=O)Nc1cc(C(=O)N(N)C(C)c3ccccc3)ccc1Cl)CC=C2.O=C(O)C(F)(F)F. The molecule has 3 aromatic rings. The summed E-state index contributed by atoms with van der Waals surface area (Å²) in [7, 11) is 1.46. The first kappa shape index (κ1) is 31.8. The van der Waals surface area contributed by atoms with Gasteiger partial charge < -0.3 is 15.2 Å². The maximum absolute atomic E-state index is 13.2. The van der Waals surface area contributed by atoms with Crippen LogP contribution < -0.4 is 20.8 Å². The van der Waals surface area contributed by atoms with Crippen molar-refractivity contribution in [3.8, 4) is 6.01 Å². The first-order chi connectivity index (χ1) is 19.7. The van der Waals surface area contributed by atoms with Gasteiger partial charge in [0, 0.05) is 17.7 Å². The fraction of sp³-hybridized carbons (Fsp3) is 0.222. The molecule has 3 amide bonds. The predicted molar refractivity (Wildman–Crippen MR) is 149 cm³/mol. The highest BCUT2D eigenvalue weighted by atomic mass is 35.5. The lowest BCUT2D eigenvalue weighted by atomic mass is 10.1. The van der Waals surface area contributed by atoms with Crippen molar-refractivity contribution in [3.05, 3.63) is 82.0 Å². The number of alkyl halides is 3. The molecule has 2 aromatic carbocycles. The van der Waals surface area contributed by atoms with Gasteiger partial charge >= 0.3 is 24.2 Å². The van der Waals surface area contributed by atoms with Gasteiger partial charge in [-0.3, -0.25) is 14.7 Å². The zero-order chi connectivity index (χ0) is 31.2. The van der Waals surface area contributed by atoms with E-state index in [0.717, 1.165) is 16.1 Å². The van der Waals surface area contributed by atoms with Crippen LogP contribution in [0.2, 0.25) is 5.02 Å². The monoisotopic (exact) mass is 606 g/mol. The average molecular weight is 607 g/mol. The standard InChI is InChI=1S/C25H25ClN6O3.C2HF3O2/c1-15-19-10-7-13-31(22(19)30-24(28-15)35-3)25(34)29-21-14-18(11-12-20(21)26)23(33)32(27)16(2)17-8-5-4-6-9-17;3-2(4,5)1(6)7/h4-12,14,16H,13,27H2,1-3H3,(H,29,34);(H,6,7). The van der Waals surface area contributed by atoms with Crippen molar-refractivity contribution in [3.63, 3.8) is 0 Å². The predicted octanol–water partition coefficient (Wildman–Crippen LogP) is 5.22. The first-order valence-electron chi connectivity index (χ1n) is 12.1. The molecule has 4 N–H and O–H groups in total. The Balaban J connectivity index is 0.000000616. The molecule has 15 heteroatoms. The van der Waals surface area contributed by atoms with E-state index in [1.165, 1.54) is 18.1 Å². The molecule has 0 aliphatic carbocycles. The third kappa shape index (κ3) is 7.53. The van der Waals surface area contributed by atoms with Gasteiger partial charge in [-0.25, -0.2) is 15.4 Å². The number of carboxylic acids is 1. The van der Waals surface area contributed by atoms with E-state index in [1.807, 2.05) is 56.3 Å². The molecule has 1 atom stereocenters. The number of benzene rings is 2. The van der Waals surface area contributed by atoms with Crippen LogP contribution in [0.1, 0.15) is 40.1 Å². The minimum absolute atomic E-state index is 0.163. The zero-order valence-corrected chi connectivity index (χ0v) is 23.3. The molecule has 42 heavy (non-hydrogen) atoms. The van der Waals surface area contributed by atoms with Crippen LogP contribution in [0.5, 0.6) is 6.01 Å². The molecule has 1 unspecified atom stereocenters. The number of fused-ring (bicyclic) bond motifs is 1. The number of ether oxygens (including phenoxy) is 1. The van der Waals surface area contributed by atoms with Gasteiger partial charge in [-0.05, 0) is 37.6 Å². The largest absolute Gasteiger partial charge is 0.490 e. The summed E-state index contributed by atoms with van der Waals surface area (Å²) in [6.45, 7) is 3.95. The molecular formula is C27H26ClF3N6O5. The molecule has 1 aliphatic rings. The summed E-state index contributed by atoms with van der Waals surface area (Å²) in [5, 5.41) is 11.3. The lowest BCUT2D eigenvalue weighted by Gasteiger charge is -2.27. The van der Waals surface area contributed by atoms with Crippen LogP contribution in [0.3, 0.4) is 0 Å². The number of nitrogens with two attached hydrogens (primary N) is 1. The molecule has 0 saturated heterocycles. The Bertz CT molecular complexity index is 1500. The summed E-state index contributed by atoms with van der Waals surface area (Å²) < 4.78 is 36.9. The van der Waals surface area contributed by atoms with Gasteiger partial charge in [0.05, 0.1) is 29.6 Å². The molecule has 0 bridgehead atoms. The summed E-state index contributed by atoms with van der Waals surface area (Å²) in [6, 6.07) is 13.4. The number of hydrogen-bond donors (Lipinski definition) is 3. The number of amides is 3. The number of nitrogens with one attached hydrogen (secondary N) is 1. The Morgan fingerprint density at radius 3 is 2.40 bits per heavy atom. The second-order valence-corrected chi connectivity index (χ2v) is 9.18. The highest BCUT2D eigenvalue weighted by Crippen LogP contribution is 2.30. The third-order valence-corrected chi connectivity index (χ3v) is 6.31. The molecule has 222 valence electrons. The zero-order valence-electron chi connectivity index (χ0n) is 22.5. The highest BCUT2D eigenvalue weighted by Gasteiger charge is 2.38. The number of nitrogens with zero attached hydrogens (tertiary/aromatic N) is 4. The van der Waals surface area contributed by atoms with Crippen LogP contribution in [0, 0.1) is 6.92 Å². The van der Waals surface area contributed by atoms with Gasteiger partial charge in [0.1, 0.15) is 0 Å². The van der Waals surface area contributed by atoms with Gasteiger partial charge in [0.2, 0.25) is 0 Å². The lowest BCUT2D eigenvalue weighted by Crippen LogP contribution is -2.39. The van der Waals surface area contributed by atoms with Gasteiger partial charge in [0.15, 0.2) is 5.82 Å². The molecule has 0 spiro atoms. The van der Waals surface area contributed by atoms with E-state index in [1.54, 1.807) is 12.1 Å². The number of aliphatic carboxylic acids is 1. The van der Waals surface area contributed by atoms with E-state index in [2.05, 4.69) is 15.3 Å². The van der Waals surface area contributed by atoms with Crippen molar-refractivity contribution in [1.82, 2.24) is 15.0 Å². The lowest BCUT2D eigenvalue weighted by molar-refractivity contribution is -0.192. The van der Waals surface area contributed by atoms with Crippen LogP contribution in [-0.4, -0.2) is 57.8 Å². The van der Waals surface area contributed by atoms with E-state index in [4.69, 9.17) is 32.1 Å². The Morgan fingerprint density at radius 1 is 1.17 bits per heavy atom.